The van der Waals surface area contributed by atoms with Gasteiger partial charge >= 0.3 is 6.29 Å². The van der Waals surface area contributed by atoms with Gasteiger partial charge in [-0.05, 0) is 110 Å². The van der Waals surface area contributed by atoms with E-state index in [2.05, 4.69) is 40.7 Å². The predicted octanol–water partition coefficient (Wildman–Crippen LogP) is 9.81. The van der Waals surface area contributed by atoms with E-state index in [0.717, 1.165) is 90.3 Å². The molecule has 8 rings (SSSR count). The zero-order valence-electron chi connectivity index (χ0n) is 41.0. The summed E-state index contributed by atoms with van der Waals surface area (Å²) in [7, 11) is 0. The van der Waals surface area contributed by atoms with Gasteiger partial charge in [0, 0.05) is 66.3 Å². The number of unbranched alkanes of at least 4 members (excludes halogenated alkanes) is 7. The number of carbonyl (C=O) groups is 4. The number of phenolic OH excluding ortho intramolecular Hbond substituents is 1. The van der Waals surface area contributed by atoms with Gasteiger partial charge in [-0.25, -0.2) is 9.97 Å². The van der Waals surface area contributed by atoms with Gasteiger partial charge in [0.25, 0.3) is 11.8 Å². The van der Waals surface area contributed by atoms with Crippen LogP contribution in [0.2, 0.25) is 0 Å². The number of nitrogens with two attached hydrogens (primary N) is 1. The third-order valence-electron chi connectivity index (χ3n) is 13.3. The van der Waals surface area contributed by atoms with Crippen molar-refractivity contribution in [2.45, 2.75) is 103 Å². The Labute approximate surface area is 422 Å². The molecule has 0 unspecified atom stereocenters. The molecule has 3 aromatic heterocycles. The van der Waals surface area contributed by atoms with Gasteiger partial charge in [0.1, 0.15) is 23.1 Å². The molecule has 1 aliphatic heterocycles. The van der Waals surface area contributed by atoms with Crippen LogP contribution in [-0.4, -0.2) is 69.6 Å². The summed E-state index contributed by atoms with van der Waals surface area (Å²) in [6.07, 6.45) is 9.54. The van der Waals surface area contributed by atoms with Crippen molar-refractivity contribution in [2.75, 3.05) is 30.7 Å². The molecule has 17 heteroatoms. The highest BCUT2D eigenvalue weighted by atomic mass is 19.3. The lowest BCUT2D eigenvalue weighted by molar-refractivity contribution is -0.286. The van der Waals surface area contributed by atoms with E-state index in [1.165, 1.54) is 12.1 Å². The predicted molar refractivity (Wildman–Crippen MR) is 274 cm³/mol. The summed E-state index contributed by atoms with van der Waals surface area (Å²) in [5.41, 5.74) is 13.1. The molecule has 6 aromatic rings. The van der Waals surface area contributed by atoms with Crippen LogP contribution in [-0.2, 0) is 21.4 Å². The molecule has 1 aliphatic carbocycles. The lowest BCUT2D eigenvalue weighted by atomic mass is 9.92. The second kappa shape index (κ2) is 23.1. The topological polar surface area (TPSA) is 220 Å². The lowest BCUT2D eigenvalue weighted by Crippen LogP contribution is -2.31. The summed E-state index contributed by atoms with van der Waals surface area (Å²) >= 11 is 0. The van der Waals surface area contributed by atoms with Crippen molar-refractivity contribution in [1.82, 2.24) is 30.9 Å². The fourth-order valence-corrected chi connectivity index (χ4v) is 9.08. The van der Waals surface area contributed by atoms with E-state index >= 15 is 0 Å². The van der Waals surface area contributed by atoms with Crippen molar-refractivity contribution in [3.8, 4) is 50.8 Å². The molecule has 73 heavy (non-hydrogen) atoms. The van der Waals surface area contributed by atoms with Crippen LogP contribution in [0.5, 0.6) is 17.2 Å². The van der Waals surface area contributed by atoms with Gasteiger partial charge in [0.15, 0.2) is 11.5 Å². The van der Waals surface area contributed by atoms with Gasteiger partial charge in [0.2, 0.25) is 11.8 Å². The second-order valence-electron chi connectivity index (χ2n) is 18.5. The van der Waals surface area contributed by atoms with E-state index in [0.29, 0.717) is 60.8 Å². The summed E-state index contributed by atoms with van der Waals surface area (Å²) in [5.74, 6) is -0.273. The highest BCUT2D eigenvalue weighted by Gasteiger charge is 2.53. The number of hydrogen-bond acceptors (Lipinski definition) is 11. The molecular weight excluding hydrogens is 935 g/mol. The number of fused-ring (bicyclic) bond motifs is 1. The fourth-order valence-electron chi connectivity index (χ4n) is 9.08. The van der Waals surface area contributed by atoms with Crippen molar-refractivity contribution in [3.63, 3.8) is 0 Å². The molecule has 15 nitrogen and oxygen atoms in total. The minimum absolute atomic E-state index is 0.0775. The molecular formula is C56H60F2N8O7. The standard InChI is InChI=1S/C56H60F2N8O7/c1-3-42-43(34-64-51(59)49(42)36-16-20-41(67)21-17-36)39-18-22-44(63-33-39)53(70)62-30-25-48(68)60-28-10-8-6-4-5-7-9-11-29-61-52(69)38-14-12-13-37(31-38)50-35(2)15-24-47(65-50)66-54(71)55(26-27-55)40-19-23-45-46(32-40)73-56(57,58)72-45/h12-24,31-34,67H,3-11,25-30H2,1-2H3,(H2,59,64)(H,60,68)(H,61,69)(H,62,70)(H,65,66,71). The Balaban J connectivity index is 0.671. The SMILES string of the molecule is CCc1c(-c2ccc(C(=O)NCCC(=O)NCCCCCCCCCCNC(=O)c3cccc(-c4nc(NC(=O)C5(c6ccc7c(c6)OC(F)(F)O7)CC5)ccc4C)c3)nc2)cnc(N)c1-c1ccc(O)cc1. The number of benzene rings is 3. The highest BCUT2D eigenvalue weighted by molar-refractivity contribution is 6.01. The second-order valence-corrected chi connectivity index (χ2v) is 18.5. The summed E-state index contributed by atoms with van der Waals surface area (Å²) in [5, 5.41) is 21.4. The quantitative estimate of drug-likeness (QED) is 0.0332. The first-order valence-electron chi connectivity index (χ1n) is 24.9. The molecule has 0 radical (unpaired) electrons. The van der Waals surface area contributed by atoms with Crippen LogP contribution in [0.15, 0.2) is 103 Å². The number of hydrogen-bond donors (Lipinski definition) is 6. The Morgan fingerprint density at radius 3 is 2.10 bits per heavy atom. The molecule has 2 aliphatic rings. The van der Waals surface area contributed by atoms with Crippen LogP contribution in [0.3, 0.4) is 0 Å². The van der Waals surface area contributed by atoms with Crippen LogP contribution >= 0.6 is 0 Å². The third-order valence-corrected chi connectivity index (χ3v) is 13.3. The Morgan fingerprint density at radius 2 is 1.40 bits per heavy atom. The number of aryl methyl sites for hydroxylation is 1. The van der Waals surface area contributed by atoms with E-state index in [1.807, 2.05) is 32.0 Å². The van der Waals surface area contributed by atoms with Crippen molar-refractivity contribution in [1.29, 1.82) is 0 Å². The Kier molecular flexibility index (Phi) is 16.2. The normalized spacial score (nSPS) is 13.8. The number of aromatic hydroxyl groups is 1. The number of ether oxygens (including phenoxy) is 2. The van der Waals surface area contributed by atoms with Gasteiger partial charge in [-0.1, -0.05) is 87.9 Å². The number of nitrogen functional groups attached to an aromatic ring is 1. The number of anilines is 2. The van der Waals surface area contributed by atoms with Crippen LogP contribution in [0.1, 0.15) is 115 Å². The van der Waals surface area contributed by atoms with E-state index in [-0.39, 0.29) is 59.5 Å². The number of halogens is 2. The number of nitrogens with one attached hydrogen (secondary N) is 4. The van der Waals surface area contributed by atoms with E-state index in [1.54, 1.807) is 73.1 Å². The van der Waals surface area contributed by atoms with Gasteiger partial charge in [-0.2, -0.15) is 0 Å². The maximum Gasteiger partial charge on any atom is 0.586 e. The highest BCUT2D eigenvalue weighted by Crippen LogP contribution is 2.52. The number of rotatable bonds is 23. The molecule has 7 N–H and O–H groups in total. The monoisotopic (exact) mass is 994 g/mol. The van der Waals surface area contributed by atoms with Crippen LogP contribution in [0.25, 0.3) is 33.5 Å². The molecule has 0 saturated heterocycles. The summed E-state index contributed by atoms with van der Waals surface area (Å²) in [4.78, 5) is 65.5. The smallest absolute Gasteiger partial charge is 0.508 e. The van der Waals surface area contributed by atoms with Gasteiger partial charge in [-0.3, -0.25) is 24.2 Å². The molecule has 1 fully saturated rings. The average molecular weight is 995 g/mol. The minimum Gasteiger partial charge on any atom is -0.508 e. The number of carbonyl (C=O) groups excluding carboxylic acids is 4. The van der Waals surface area contributed by atoms with Crippen molar-refractivity contribution < 1.29 is 42.5 Å². The first-order chi connectivity index (χ1) is 35.2. The molecule has 3 aromatic carbocycles. The average Bonchev–Trinajstić information content (AvgIpc) is 4.14. The van der Waals surface area contributed by atoms with Crippen LogP contribution in [0.4, 0.5) is 20.4 Å². The Morgan fingerprint density at radius 1 is 0.712 bits per heavy atom. The number of nitrogens with zero attached hydrogens (tertiary/aromatic N) is 3. The fraction of sp³-hybridized carbons (Fsp3) is 0.339. The lowest BCUT2D eigenvalue weighted by Gasteiger charge is -2.17. The van der Waals surface area contributed by atoms with Crippen molar-refractivity contribution >= 4 is 35.3 Å². The van der Waals surface area contributed by atoms with Gasteiger partial charge < -0.3 is 41.6 Å². The van der Waals surface area contributed by atoms with E-state index in [9.17, 15) is 33.1 Å². The molecule has 0 bridgehead atoms. The molecule has 0 atom stereocenters. The number of aromatic nitrogens is 3. The third kappa shape index (κ3) is 12.8. The zero-order valence-corrected chi connectivity index (χ0v) is 41.0. The summed E-state index contributed by atoms with van der Waals surface area (Å²) in [6.45, 7) is 5.25. The van der Waals surface area contributed by atoms with E-state index < -0.39 is 11.7 Å². The van der Waals surface area contributed by atoms with Gasteiger partial charge in [0.05, 0.1) is 11.1 Å². The minimum atomic E-state index is -3.74. The maximum atomic E-state index is 13.6. The van der Waals surface area contributed by atoms with Crippen LogP contribution in [0, 0.1) is 6.92 Å². The maximum absolute atomic E-state index is 13.6. The number of phenols is 1. The first kappa shape index (κ1) is 51.4. The molecule has 4 amide bonds. The number of amides is 4. The number of pyridine rings is 3. The van der Waals surface area contributed by atoms with E-state index in [4.69, 9.17) is 10.7 Å². The van der Waals surface area contributed by atoms with Crippen molar-refractivity contribution in [2.24, 2.45) is 0 Å². The molecule has 1 saturated carbocycles. The molecule has 0 spiro atoms. The van der Waals surface area contributed by atoms with Gasteiger partial charge in [-0.15, -0.1) is 8.78 Å². The Hall–Kier alpha value is -7.95. The Bertz CT molecular complexity index is 2970. The first-order valence-corrected chi connectivity index (χ1v) is 24.9. The van der Waals surface area contributed by atoms with Crippen LogP contribution < -0.4 is 36.5 Å². The summed E-state index contributed by atoms with van der Waals surface area (Å²) in [6, 6.07) is 25.5. The van der Waals surface area contributed by atoms with Crippen molar-refractivity contribution in [3.05, 3.63) is 131 Å². The summed E-state index contributed by atoms with van der Waals surface area (Å²) < 4.78 is 36.3. The largest absolute Gasteiger partial charge is 0.586 e. The molecule has 4 heterocycles. The molecule has 380 valence electrons. The number of alkyl halides is 2. The zero-order chi connectivity index (χ0) is 51.5.